The van der Waals surface area contributed by atoms with Crippen LogP contribution in [0.1, 0.15) is 6.92 Å². The molecule has 0 aromatic heterocycles. The van der Waals surface area contributed by atoms with E-state index in [1.165, 1.54) is 14.2 Å². The van der Waals surface area contributed by atoms with Crippen LogP contribution in [0.15, 0.2) is 0 Å². The van der Waals surface area contributed by atoms with E-state index in [4.69, 9.17) is 14.9 Å². The van der Waals surface area contributed by atoms with Crippen LogP contribution in [0.2, 0.25) is 0 Å². The number of carbonyl (C=O) groups is 1. The Morgan fingerprint density at radius 1 is 1.38 bits per heavy atom. The molecule has 0 spiro atoms. The van der Waals surface area contributed by atoms with Crippen molar-refractivity contribution in [1.82, 2.24) is 5.32 Å². The summed E-state index contributed by atoms with van der Waals surface area (Å²) in [6.45, 7) is 1.58. The van der Waals surface area contributed by atoms with Crippen molar-refractivity contribution in [2.45, 2.75) is 25.5 Å². The topological polar surface area (TPSA) is 88.0 Å². The molecule has 0 aromatic rings. The third kappa shape index (κ3) is 4.18. The van der Waals surface area contributed by atoms with Gasteiger partial charge in [0.15, 0.2) is 0 Å². The lowest BCUT2D eigenvalue weighted by atomic mass is 10.2. The molecule has 3 atom stereocenters. The number of methoxy groups -OCH3 is 2. The Labute approximate surface area is 76.5 Å². The van der Waals surface area contributed by atoms with Gasteiger partial charge in [0.2, 0.25) is 6.41 Å². The van der Waals surface area contributed by atoms with E-state index in [-0.39, 0.29) is 0 Å². The molecular weight excluding hydrogens is 178 g/mol. The fourth-order valence-electron chi connectivity index (χ4n) is 0.765. The summed E-state index contributed by atoms with van der Waals surface area (Å²) < 4.78 is 9.26. The quantitative estimate of drug-likeness (QED) is 0.468. The normalized spacial score (nSPS) is 17.8. The summed E-state index contributed by atoms with van der Waals surface area (Å²) in [5.41, 5.74) is 0. The first-order valence-electron chi connectivity index (χ1n) is 3.75. The van der Waals surface area contributed by atoms with Gasteiger partial charge in [0.1, 0.15) is 6.04 Å². The van der Waals surface area contributed by atoms with Crippen LogP contribution in [-0.2, 0) is 14.3 Å². The molecule has 0 aromatic carbocycles. The molecule has 6 heteroatoms. The first kappa shape index (κ1) is 12.3. The van der Waals surface area contributed by atoms with E-state index in [9.17, 15) is 4.79 Å². The number of aliphatic hydroxyl groups excluding tert-OH is 1. The monoisotopic (exact) mass is 193 g/mol. The average Bonchev–Trinajstić information content (AvgIpc) is 2.11. The molecule has 0 aliphatic rings. The highest BCUT2D eigenvalue weighted by molar-refractivity contribution is 5.74. The molecule has 0 heterocycles. The number of hydrogen-bond acceptors (Lipinski definition) is 5. The minimum Gasteiger partial charge on any atom is -0.480 e. The molecule has 0 saturated carbocycles. The predicted octanol–water partition coefficient (Wildman–Crippen LogP) is -1.01. The van der Waals surface area contributed by atoms with Gasteiger partial charge in [0, 0.05) is 14.2 Å². The Morgan fingerprint density at radius 2 is 1.92 bits per heavy atom. The Kier molecular flexibility index (Phi) is 5.56. The summed E-state index contributed by atoms with van der Waals surface area (Å²) in [6.07, 6.45) is -1.86. The number of carboxylic acids is 1. The molecule has 0 bridgehead atoms. The van der Waals surface area contributed by atoms with Crippen molar-refractivity contribution in [2.24, 2.45) is 0 Å². The fourth-order valence-corrected chi connectivity index (χ4v) is 0.765. The maximum absolute atomic E-state index is 10.6. The van der Waals surface area contributed by atoms with Crippen LogP contribution in [0.3, 0.4) is 0 Å². The molecule has 78 valence electrons. The zero-order valence-electron chi connectivity index (χ0n) is 7.85. The Bertz CT molecular complexity index is 163. The number of ether oxygens (including phenoxy) is 2. The second kappa shape index (κ2) is 5.87. The van der Waals surface area contributed by atoms with Gasteiger partial charge in [-0.2, -0.15) is 0 Å². The average molecular weight is 193 g/mol. The maximum atomic E-state index is 10.6. The molecule has 0 amide bonds. The van der Waals surface area contributed by atoms with E-state index in [1.54, 1.807) is 6.92 Å². The summed E-state index contributed by atoms with van der Waals surface area (Å²) >= 11 is 0. The minimum atomic E-state index is -1.31. The number of nitrogens with one attached hydrogen (secondary N) is 1. The first-order valence-corrected chi connectivity index (χ1v) is 3.75. The van der Waals surface area contributed by atoms with Crippen LogP contribution in [0.25, 0.3) is 0 Å². The van der Waals surface area contributed by atoms with Gasteiger partial charge >= 0.3 is 5.97 Å². The standard InChI is InChI=1S/C7H15NO5/c1-4(12-2)5(6(9)10)8-7(11)13-3/h4-5,7-8,11H,1-3H3,(H,9,10)/t4-,5+,7?/m1/s1. The number of aliphatic hydroxyl groups is 1. The molecular formula is C7H15NO5. The van der Waals surface area contributed by atoms with Crippen molar-refractivity contribution < 1.29 is 24.5 Å². The molecule has 3 N–H and O–H groups in total. The summed E-state index contributed by atoms with van der Waals surface area (Å²) in [6, 6.07) is -1.00. The molecule has 6 nitrogen and oxygen atoms in total. The summed E-state index contributed by atoms with van der Waals surface area (Å²) in [5.74, 6) is -1.11. The van der Waals surface area contributed by atoms with Crippen LogP contribution < -0.4 is 5.32 Å². The van der Waals surface area contributed by atoms with Crippen LogP contribution in [0.4, 0.5) is 0 Å². The van der Waals surface area contributed by atoms with Gasteiger partial charge in [-0.1, -0.05) is 0 Å². The summed E-state index contributed by atoms with van der Waals surface area (Å²) in [5, 5.41) is 20.0. The minimum absolute atomic E-state index is 0.553. The van der Waals surface area contributed by atoms with E-state index < -0.39 is 24.5 Å². The van der Waals surface area contributed by atoms with Crippen LogP contribution >= 0.6 is 0 Å². The second-order valence-electron chi connectivity index (χ2n) is 2.51. The second-order valence-corrected chi connectivity index (χ2v) is 2.51. The lowest BCUT2D eigenvalue weighted by Gasteiger charge is -2.22. The van der Waals surface area contributed by atoms with Crippen LogP contribution in [0.5, 0.6) is 0 Å². The lowest BCUT2D eigenvalue weighted by molar-refractivity contribution is -0.153. The van der Waals surface area contributed by atoms with Gasteiger partial charge in [-0.15, -0.1) is 0 Å². The van der Waals surface area contributed by atoms with E-state index >= 15 is 0 Å². The smallest absolute Gasteiger partial charge is 0.323 e. The summed E-state index contributed by atoms with van der Waals surface area (Å²) in [4.78, 5) is 10.6. The van der Waals surface area contributed by atoms with Gasteiger partial charge in [0.05, 0.1) is 6.10 Å². The van der Waals surface area contributed by atoms with Gasteiger partial charge < -0.3 is 19.7 Å². The highest BCUT2D eigenvalue weighted by Crippen LogP contribution is 1.98. The molecule has 0 aliphatic heterocycles. The maximum Gasteiger partial charge on any atom is 0.323 e. The molecule has 0 radical (unpaired) electrons. The van der Waals surface area contributed by atoms with E-state index in [1.807, 2.05) is 0 Å². The number of aliphatic carboxylic acids is 1. The first-order chi connectivity index (χ1) is 6.02. The largest absolute Gasteiger partial charge is 0.480 e. The Hall–Kier alpha value is -0.690. The highest BCUT2D eigenvalue weighted by Gasteiger charge is 2.26. The van der Waals surface area contributed by atoms with Crippen LogP contribution in [0, 0.1) is 0 Å². The molecule has 0 rings (SSSR count). The van der Waals surface area contributed by atoms with Gasteiger partial charge in [-0.3, -0.25) is 10.1 Å². The zero-order valence-corrected chi connectivity index (χ0v) is 7.85. The fraction of sp³-hybridized carbons (Fsp3) is 0.857. The van der Waals surface area contributed by atoms with Crippen molar-refractivity contribution in [1.29, 1.82) is 0 Å². The van der Waals surface area contributed by atoms with E-state index in [0.29, 0.717) is 0 Å². The number of hydrogen-bond donors (Lipinski definition) is 3. The summed E-state index contributed by atoms with van der Waals surface area (Å²) in [7, 11) is 2.65. The van der Waals surface area contributed by atoms with Crippen LogP contribution in [-0.4, -0.2) is 49.0 Å². The van der Waals surface area contributed by atoms with Crippen molar-refractivity contribution >= 4 is 5.97 Å². The molecule has 1 unspecified atom stereocenters. The lowest BCUT2D eigenvalue weighted by Crippen LogP contribution is -2.50. The molecule has 0 aliphatic carbocycles. The van der Waals surface area contributed by atoms with Gasteiger partial charge in [0.25, 0.3) is 0 Å². The third-order valence-electron chi connectivity index (χ3n) is 1.65. The molecule has 0 fully saturated rings. The molecule has 0 saturated heterocycles. The highest BCUT2D eigenvalue weighted by atomic mass is 16.6. The number of rotatable bonds is 6. The Balaban J connectivity index is 4.17. The molecule has 13 heavy (non-hydrogen) atoms. The van der Waals surface area contributed by atoms with E-state index in [2.05, 4.69) is 10.1 Å². The van der Waals surface area contributed by atoms with Crippen molar-refractivity contribution in [2.75, 3.05) is 14.2 Å². The van der Waals surface area contributed by atoms with Crippen molar-refractivity contribution in [3.05, 3.63) is 0 Å². The zero-order chi connectivity index (χ0) is 10.4. The SMILES string of the molecule is COC(O)N[C@H](C(=O)O)[C@@H](C)OC. The van der Waals surface area contributed by atoms with Gasteiger partial charge in [-0.25, -0.2) is 0 Å². The number of carboxylic acid groups (broad SMARTS) is 1. The predicted molar refractivity (Wildman–Crippen MR) is 44.0 cm³/mol. The van der Waals surface area contributed by atoms with E-state index in [0.717, 1.165) is 0 Å². The van der Waals surface area contributed by atoms with Gasteiger partial charge in [-0.05, 0) is 6.92 Å². The van der Waals surface area contributed by atoms with Crippen molar-refractivity contribution in [3.63, 3.8) is 0 Å². The van der Waals surface area contributed by atoms with Crippen molar-refractivity contribution in [3.8, 4) is 0 Å². The Morgan fingerprint density at radius 3 is 2.23 bits per heavy atom. The third-order valence-corrected chi connectivity index (χ3v) is 1.65.